The SMILES string of the molecule is C=C(C)C(=O)OCC(CCCCCCCC(C)CCCCC)CCCCCC(C)CCCCC. The predicted octanol–water partition coefficient (Wildman–Crippen LogP) is 10.8. The maximum atomic E-state index is 11.9. The highest BCUT2D eigenvalue weighted by Crippen LogP contribution is 2.22. The molecular weight excluding hydrogens is 416 g/mol. The van der Waals surface area contributed by atoms with Crippen molar-refractivity contribution in [3.63, 3.8) is 0 Å². The second-order valence-electron chi connectivity index (χ2n) is 11.4. The number of ether oxygens (including phenoxy) is 1. The van der Waals surface area contributed by atoms with Crippen LogP contribution >= 0.6 is 0 Å². The fourth-order valence-electron chi connectivity index (χ4n) is 4.96. The van der Waals surface area contributed by atoms with E-state index in [0.717, 1.165) is 11.8 Å². The summed E-state index contributed by atoms with van der Waals surface area (Å²) >= 11 is 0. The van der Waals surface area contributed by atoms with Gasteiger partial charge >= 0.3 is 5.97 Å². The van der Waals surface area contributed by atoms with Gasteiger partial charge in [0, 0.05) is 5.57 Å². The van der Waals surface area contributed by atoms with E-state index < -0.39 is 0 Å². The lowest BCUT2D eigenvalue weighted by atomic mass is 9.92. The second-order valence-corrected chi connectivity index (χ2v) is 11.4. The number of hydrogen-bond acceptors (Lipinski definition) is 2. The summed E-state index contributed by atoms with van der Waals surface area (Å²) in [4.78, 5) is 11.9. The molecule has 0 aliphatic rings. The van der Waals surface area contributed by atoms with Gasteiger partial charge in [0.05, 0.1) is 6.61 Å². The first-order chi connectivity index (χ1) is 16.4. The number of carbonyl (C=O) groups excluding carboxylic acids is 1. The Labute approximate surface area is 215 Å². The van der Waals surface area contributed by atoms with Crippen molar-refractivity contribution in [3.8, 4) is 0 Å². The first-order valence-corrected chi connectivity index (χ1v) is 15.2. The maximum Gasteiger partial charge on any atom is 0.333 e. The van der Waals surface area contributed by atoms with Gasteiger partial charge < -0.3 is 4.74 Å². The zero-order valence-corrected chi connectivity index (χ0v) is 24.1. The highest BCUT2D eigenvalue weighted by atomic mass is 16.5. The van der Waals surface area contributed by atoms with Gasteiger partial charge in [-0.2, -0.15) is 0 Å². The first kappa shape index (κ1) is 33.2. The monoisotopic (exact) mass is 478 g/mol. The minimum absolute atomic E-state index is 0.223. The molecule has 0 saturated heterocycles. The van der Waals surface area contributed by atoms with Crippen LogP contribution in [0.5, 0.6) is 0 Å². The van der Waals surface area contributed by atoms with E-state index in [1.165, 1.54) is 128 Å². The highest BCUT2D eigenvalue weighted by Gasteiger charge is 2.13. The number of esters is 1. The van der Waals surface area contributed by atoms with Gasteiger partial charge in [0.2, 0.25) is 0 Å². The van der Waals surface area contributed by atoms with Crippen molar-refractivity contribution in [2.24, 2.45) is 17.8 Å². The standard InChI is InChI=1S/C32H62O2/c1-7-9-15-21-29(5)23-17-12-11-13-19-25-31(27-34-32(33)28(3)4)26-20-14-18-24-30(6)22-16-10-8-2/h29-31H,3,7-27H2,1-2,4-6H3. The van der Waals surface area contributed by atoms with Gasteiger partial charge in [-0.15, -0.1) is 0 Å². The summed E-state index contributed by atoms with van der Waals surface area (Å²) in [6.45, 7) is 15.5. The molecule has 0 aromatic rings. The Balaban J connectivity index is 4.03. The van der Waals surface area contributed by atoms with Gasteiger partial charge in [-0.1, -0.05) is 150 Å². The quantitative estimate of drug-likeness (QED) is 0.0740. The number of hydrogen-bond donors (Lipinski definition) is 0. The third kappa shape index (κ3) is 21.7. The Morgan fingerprint density at radius 1 is 0.618 bits per heavy atom. The van der Waals surface area contributed by atoms with Crippen molar-refractivity contribution in [2.45, 2.75) is 163 Å². The molecule has 0 saturated carbocycles. The Hall–Kier alpha value is -0.790. The number of unbranched alkanes of at least 4 members (excludes halogenated alkanes) is 10. The molecule has 0 fully saturated rings. The van der Waals surface area contributed by atoms with Crippen LogP contribution in [-0.4, -0.2) is 12.6 Å². The Kier molecular flexibility index (Phi) is 23.4. The van der Waals surface area contributed by atoms with E-state index in [4.69, 9.17) is 4.74 Å². The molecule has 0 bridgehead atoms. The molecule has 3 unspecified atom stereocenters. The van der Waals surface area contributed by atoms with Crippen LogP contribution in [0.1, 0.15) is 163 Å². The summed E-state index contributed by atoms with van der Waals surface area (Å²) in [6, 6.07) is 0. The van der Waals surface area contributed by atoms with Crippen molar-refractivity contribution in [3.05, 3.63) is 12.2 Å². The van der Waals surface area contributed by atoms with Crippen molar-refractivity contribution >= 4 is 5.97 Å². The number of carbonyl (C=O) groups is 1. The van der Waals surface area contributed by atoms with E-state index in [-0.39, 0.29) is 5.97 Å². The minimum Gasteiger partial charge on any atom is -0.462 e. The molecule has 3 atom stereocenters. The summed E-state index contributed by atoms with van der Waals surface area (Å²) in [6.07, 6.45) is 26.9. The molecular formula is C32H62O2. The first-order valence-electron chi connectivity index (χ1n) is 15.2. The molecule has 0 spiro atoms. The fraction of sp³-hybridized carbons (Fsp3) is 0.906. The molecule has 0 aliphatic heterocycles. The molecule has 0 aliphatic carbocycles. The lowest BCUT2D eigenvalue weighted by Crippen LogP contribution is -2.15. The van der Waals surface area contributed by atoms with Crippen LogP contribution < -0.4 is 0 Å². The van der Waals surface area contributed by atoms with Crippen LogP contribution in [0.4, 0.5) is 0 Å². The summed E-state index contributed by atoms with van der Waals surface area (Å²) in [5, 5.41) is 0. The Morgan fingerprint density at radius 3 is 1.38 bits per heavy atom. The van der Waals surface area contributed by atoms with Crippen LogP contribution in [0.25, 0.3) is 0 Å². The van der Waals surface area contributed by atoms with Crippen molar-refractivity contribution in [2.75, 3.05) is 6.61 Å². The summed E-state index contributed by atoms with van der Waals surface area (Å²) in [5.74, 6) is 2.07. The third-order valence-corrected chi connectivity index (χ3v) is 7.52. The molecule has 2 nitrogen and oxygen atoms in total. The van der Waals surface area contributed by atoms with Gasteiger partial charge in [0.1, 0.15) is 0 Å². The molecule has 0 N–H and O–H groups in total. The normalized spacial score (nSPS) is 14.0. The van der Waals surface area contributed by atoms with Crippen molar-refractivity contribution < 1.29 is 9.53 Å². The zero-order chi connectivity index (χ0) is 25.4. The molecule has 202 valence electrons. The summed E-state index contributed by atoms with van der Waals surface area (Å²) < 4.78 is 5.54. The molecule has 0 rings (SSSR count). The van der Waals surface area contributed by atoms with Gasteiger partial charge in [-0.25, -0.2) is 4.79 Å². The van der Waals surface area contributed by atoms with Crippen LogP contribution in [0.15, 0.2) is 12.2 Å². The maximum absolute atomic E-state index is 11.9. The molecule has 0 aromatic heterocycles. The average Bonchev–Trinajstić information content (AvgIpc) is 2.81. The van der Waals surface area contributed by atoms with Crippen molar-refractivity contribution in [1.82, 2.24) is 0 Å². The second kappa shape index (κ2) is 23.9. The zero-order valence-electron chi connectivity index (χ0n) is 24.1. The van der Waals surface area contributed by atoms with E-state index in [2.05, 4.69) is 34.3 Å². The van der Waals surface area contributed by atoms with Gasteiger partial charge in [0.25, 0.3) is 0 Å². The van der Waals surface area contributed by atoms with Crippen LogP contribution in [0, 0.1) is 17.8 Å². The van der Waals surface area contributed by atoms with Crippen molar-refractivity contribution in [1.29, 1.82) is 0 Å². The third-order valence-electron chi connectivity index (χ3n) is 7.52. The number of rotatable bonds is 25. The van der Waals surface area contributed by atoms with E-state index in [1.807, 2.05) is 0 Å². The van der Waals surface area contributed by atoms with Gasteiger partial charge in [-0.05, 0) is 37.5 Å². The smallest absolute Gasteiger partial charge is 0.333 e. The molecule has 2 heteroatoms. The average molecular weight is 479 g/mol. The Morgan fingerprint density at radius 2 is 0.971 bits per heavy atom. The van der Waals surface area contributed by atoms with E-state index in [9.17, 15) is 4.79 Å². The van der Waals surface area contributed by atoms with Gasteiger partial charge in [-0.3, -0.25) is 0 Å². The topological polar surface area (TPSA) is 26.3 Å². The lowest BCUT2D eigenvalue weighted by Gasteiger charge is -2.18. The van der Waals surface area contributed by atoms with Gasteiger partial charge in [0.15, 0.2) is 0 Å². The largest absolute Gasteiger partial charge is 0.462 e. The van der Waals surface area contributed by atoms with E-state index in [1.54, 1.807) is 6.92 Å². The molecule has 0 heterocycles. The summed E-state index contributed by atoms with van der Waals surface area (Å²) in [7, 11) is 0. The minimum atomic E-state index is -0.223. The lowest BCUT2D eigenvalue weighted by molar-refractivity contribution is -0.140. The summed E-state index contributed by atoms with van der Waals surface area (Å²) in [5.41, 5.74) is 0.514. The molecule has 0 amide bonds. The van der Waals surface area contributed by atoms with Crippen LogP contribution in [0.3, 0.4) is 0 Å². The van der Waals surface area contributed by atoms with E-state index in [0.29, 0.717) is 18.1 Å². The molecule has 0 aromatic carbocycles. The predicted molar refractivity (Wildman–Crippen MR) is 151 cm³/mol. The Bertz CT molecular complexity index is 470. The molecule has 0 radical (unpaired) electrons. The fourth-order valence-corrected chi connectivity index (χ4v) is 4.96. The molecule has 34 heavy (non-hydrogen) atoms. The highest BCUT2D eigenvalue weighted by molar-refractivity contribution is 5.86. The van der Waals surface area contributed by atoms with Crippen LogP contribution in [-0.2, 0) is 9.53 Å². The van der Waals surface area contributed by atoms with Crippen LogP contribution in [0.2, 0.25) is 0 Å². The van der Waals surface area contributed by atoms with E-state index >= 15 is 0 Å².